The van der Waals surface area contributed by atoms with E-state index in [1.807, 2.05) is 12.1 Å². The van der Waals surface area contributed by atoms with Crippen molar-refractivity contribution in [2.45, 2.75) is 20.4 Å². The zero-order valence-electron chi connectivity index (χ0n) is 12.7. The Labute approximate surface area is 120 Å². The maximum absolute atomic E-state index is 8.65. The Bertz CT molecular complexity index is 457. The molecule has 1 aromatic heterocycles. The lowest BCUT2D eigenvalue weighted by atomic mass is 9.93. The number of aromatic nitrogens is 1. The van der Waals surface area contributed by atoms with Gasteiger partial charge in [-0.25, -0.2) is 0 Å². The van der Waals surface area contributed by atoms with E-state index < -0.39 is 0 Å². The van der Waals surface area contributed by atoms with Gasteiger partial charge in [-0.3, -0.25) is 4.98 Å². The van der Waals surface area contributed by atoms with Crippen LogP contribution in [0, 0.1) is 5.41 Å². The summed E-state index contributed by atoms with van der Waals surface area (Å²) in [4.78, 5) is 6.24. The summed E-state index contributed by atoms with van der Waals surface area (Å²) < 4.78 is 0. The number of nitrogens with two attached hydrogens (primary N) is 1. The molecule has 0 unspecified atom stereocenters. The van der Waals surface area contributed by atoms with E-state index in [0.29, 0.717) is 5.69 Å². The highest BCUT2D eigenvalue weighted by Gasteiger charge is 2.18. The minimum atomic E-state index is 0.0276. The maximum Gasteiger partial charge on any atom is 0.188 e. The van der Waals surface area contributed by atoms with Crippen molar-refractivity contribution in [2.75, 3.05) is 27.2 Å². The van der Waals surface area contributed by atoms with Gasteiger partial charge in [0.15, 0.2) is 5.84 Å². The molecule has 0 fully saturated rings. The first-order valence-electron chi connectivity index (χ1n) is 6.62. The minimum Gasteiger partial charge on any atom is -0.409 e. The fourth-order valence-corrected chi connectivity index (χ4v) is 2.23. The van der Waals surface area contributed by atoms with Gasteiger partial charge in [-0.05, 0) is 37.2 Å². The number of rotatable bonds is 7. The van der Waals surface area contributed by atoms with Crippen molar-refractivity contribution >= 4 is 5.84 Å². The molecule has 0 saturated carbocycles. The van der Waals surface area contributed by atoms with Crippen LogP contribution < -0.4 is 11.1 Å². The Morgan fingerprint density at radius 3 is 2.80 bits per heavy atom. The highest BCUT2D eigenvalue weighted by atomic mass is 16.4. The van der Waals surface area contributed by atoms with E-state index in [4.69, 9.17) is 10.9 Å². The van der Waals surface area contributed by atoms with Crippen LogP contribution in [-0.2, 0) is 6.54 Å². The quantitative estimate of drug-likeness (QED) is 0.298. The van der Waals surface area contributed by atoms with Crippen LogP contribution >= 0.6 is 0 Å². The molecule has 1 rings (SSSR count). The summed E-state index contributed by atoms with van der Waals surface area (Å²) in [5.41, 5.74) is 7.27. The molecule has 1 heterocycles. The van der Waals surface area contributed by atoms with Crippen LogP contribution in [0.25, 0.3) is 0 Å². The molecule has 0 aliphatic heterocycles. The maximum atomic E-state index is 8.65. The molecule has 0 spiro atoms. The van der Waals surface area contributed by atoms with Crippen molar-refractivity contribution in [2.24, 2.45) is 16.3 Å². The third-order valence-electron chi connectivity index (χ3n) is 2.87. The highest BCUT2D eigenvalue weighted by Crippen LogP contribution is 2.14. The molecule has 0 radical (unpaired) electrons. The van der Waals surface area contributed by atoms with Crippen LogP contribution in [0.4, 0.5) is 0 Å². The summed E-state index contributed by atoms with van der Waals surface area (Å²) in [7, 11) is 4.15. The molecule has 0 saturated heterocycles. The fraction of sp³-hybridized carbons (Fsp3) is 0.571. The summed E-state index contributed by atoms with van der Waals surface area (Å²) in [6.45, 7) is 7.12. The number of hydrogen-bond acceptors (Lipinski definition) is 5. The molecule has 6 nitrogen and oxygen atoms in total. The van der Waals surface area contributed by atoms with Gasteiger partial charge in [-0.1, -0.05) is 19.0 Å². The summed E-state index contributed by atoms with van der Waals surface area (Å²) in [6.07, 6.45) is 1.66. The molecule has 112 valence electrons. The van der Waals surface area contributed by atoms with E-state index in [0.717, 1.165) is 25.2 Å². The first kappa shape index (κ1) is 16.4. The van der Waals surface area contributed by atoms with E-state index in [-0.39, 0.29) is 11.3 Å². The smallest absolute Gasteiger partial charge is 0.188 e. The van der Waals surface area contributed by atoms with Gasteiger partial charge in [0, 0.05) is 25.8 Å². The van der Waals surface area contributed by atoms with E-state index in [1.165, 1.54) is 0 Å². The Kier molecular flexibility index (Phi) is 5.91. The molecule has 1 aromatic rings. The molecule has 0 atom stereocenters. The zero-order valence-corrected chi connectivity index (χ0v) is 12.7. The zero-order chi connectivity index (χ0) is 15.2. The van der Waals surface area contributed by atoms with Gasteiger partial charge in [0.05, 0.1) is 0 Å². The van der Waals surface area contributed by atoms with E-state index in [9.17, 15) is 0 Å². The Morgan fingerprint density at radius 2 is 2.20 bits per heavy atom. The largest absolute Gasteiger partial charge is 0.409 e. The monoisotopic (exact) mass is 279 g/mol. The van der Waals surface area contributed by atoms with Gasteiger partial charge in [0.25, 0.3) is 0 Å². The van der Waals surface area contributed by atoms with Crippen molar-refractivity contribution in [1.82, 2.24) is 15.2 Å². The van der Waals surface area contributed by atoms with E-state index in [2.05, 4.69) is 48.3 Å². The second-order valence-corrected chi connectivity index (χ2v) is 6.04. The standard InChI is InChI=1S/C14H25N5O/c1-14(2,10-19(3)4)9-16-8-11-5-6-17-12(7-11)13(15)18-20/h5-7,16,20H,8-10H2,1-4H3,(H2,15,18). The van der Waals surface area contributed by atoms with E-state index >= 15 is 0 Å². The number of pyridine rings is 1. The minimum absolute atomic E-state index is 0.0276. The topological polar surface area (TPSA) is 86.8 Å². The van der Waals surface area contributed by atoms with E-state index in [1.54, 1.807) is 6.20 Å². The van der Waals surface area contributed by atoms with Crippen molar-refractivity contribution < 1.29 is 5.21 Å². The van der Waals surface area contributed by atoms with Crippen molar-refractivity contribution in [3.63, 3.8) is 0 Å². The summed E-state index contributed by atoms with van der Waals surface area (Å²) in [5.74, 6) is 0.0276. The highest BCUT2D eigenvalue weighted by molar-refractivity contribution is 5.95. The second kappa shape index (κ2) is 7.21. The van der Waals surface area contributed by atoms with Crippen molar-refractivity contribution in [3.05, 3.63) is 29.6 Å². The van der Waals surface area contributed by atoms with Gasteiger partial charge >= 0.3 is 0 Å². The average molecular weight is 279 g/mol. The van der Waals surface area contributed by atoms with Crippen molar-refractivity contribution in [1.29, 1.82) is 0 Å². The molecule has 0 bridgehead atoms. The third kappa shape index (κ3) is 5.54. The molecule has 6 heteroatoms. The molecule has 4 N–H and O–H groups in total. The third-order valence-corrected chi connectivity index (χ3v) is 2.87. The van der Waals surface area contributed by atoms with Gasteiger partial charge < -0.3 is 21.2 Å². The Morgan fingerprint density at radius 1 is 1.50 bits per heavy atom. The second-order valence-electron chi connectivity index (χ2n) is 6.04. The van der Waals surface area contributed by atoms with Crippen LogP contribution in [-0.4, -0.2) is 48.1 Å². The van der Waals surface area contributed by atoms with Crippen LogP contribution in [0.5, 0.6) is 0 Å². The van der Waals surface area contributed by atoms with Gasteiger partial charge in [0.2, 0.25) is 0 Å². The number of nitrogens with zero attached hydrogens (tertiary/aromatic N) is 3. The first-order valence-corrected chi connectivity index (χ1v) is 6.62. The molecule has 0 aliphatic carbocycles. The Hall–Kier alpha value is -1.66. The van der Waals surface area contributed by atoms with Crippen LogP contribution in [0.3, 0.4) is 0 Å². The molecular weight excluding hydrogens is 254 g/mol. The number of nitrogens with one attached hydrogen (secondary N) is 1. The molecule has 0 amide bonds. The molecule has 0 aliphatic rings. The number of oxime groups is 1. The van der Waals surface area contributed by atoms with Gasteiger partial charge in [-0.2, -0.15) is 0 Å². The lowest BCUT2D eigenvalue weighted by Crippen LogP contribution is -2.37. The number of hydrogen-bond donors (Lipinski definition) is 3. The summed E-state index contributed by atoms with van der Waals surface area (Å²) >= 11 is 0. The lowest BCUT2D eigenvalue weighted by molar-refractivity contribution is 0.232. The molecular formula is C14H25N5O. The van der Waals surface area contributed by atoms with Crippen LogP contribution in [0.15, 0.2) is 23.5 Å². The predicted octanol–water partition coefficient (Wildman–Crippen LogP) is 0.854. The van der Waals surface area contributed by atoms with Gasteiger partial charge in [-0.15, -0.1) is 0 Å². The Balaban J connectivity index is 2.54. The summed E-state index contributed by atoms with van der Waals surface area (Å²) in [5, 5.41) is 15.0. The molecule has 20 heavy (non-hydrogen) atoms. The number of amidine groups is 1. The van der Waals surface area contributed by atoms with Crippen LogP contribution in [0.2, 0.25) is 0 Å². The predicted molar refractivity (Wildman–Crippen MR) is 80.8 cm³/mol. The molecule has 0 aromatic carbocycles. The summed E-state index contributed by atoms with van der Waals surface area (Å²) in [6, 6.07) is 3.74. The average Bonchev–Trinajstić information content (AvgIpc) is 2.36. The normalized spacial score (nSPS) is 12.9. The van der Waals surface area contributed by atoms with Crippen molar-refractivity contribution in [3.8, 4) is 0 Å². The fourth-order valence-electron chi connectivity index (χ4n) is 2.23. The SMILES string of the molecule is CN(C)CC(C)(C)CNCc1ccnc(C(N)=NO)c1. The van der Waals surface area contributed by atoms with Gasteiger partial charge in [0.1, 0.15) is 5.69 Å². The van der Waals surface area contributed by atoms with Crippen LogP contribution in [0.1, 0.15) is 25.1 Å². The lowest BCUT2D eigenvalue weighted by Gasteiger charge is -2.28. The first-order chi connectivity index (χ1) is 9.34.